The second-order valence-electron chi connectivity index (χ2n) is 5.05. The molecule has 3 atom stereocenters. The third kappa shape index (κ3) is 2.98. The normalized spacial score (nSPS) is 30.6. The highest BCUT2D eigenvalue weighted by molar-refractivity contribution is 14.1. The molecule has 0 aromatic heterocycles. The second-order valence-corrected chi connectivity index (χ2v) is 6.81. The van der Waals surface area contributed by atoms with Gasteiger partial charge >= 0.3 is 0 Å². The number of nitrogens with one attached hydrogen (secondary N) is 1. The lowest BCUT2D eigenvalue weighted by molar-refractivity contribution is 0.282. The summed E-state index contributed by atoms with van der Waals surface area (Å²) in [6.07, 6.45) is 2.56. The van der Waals surface area contributed by atoms with Crippen molar-refractivity contribution < 1.29 is 0 Å². The van der Waals surface area contributed by atoms with E-state index in [1.54, 1.807) is 0 Å². The molecule has 0 unspecified atom stereocenters. The molecular weight excluding hydrogens is 309 g/mol. The van der Waals surface area contributed by atoms with Crippen molar-refractivity contribution in [3.05, 3.63) is 35.9 Å². The maximum Gasteiger partial charge on any atom is 0.0332 e. The number of rotatable bonds is 2. The van der Waals surface area contributed by atoms with Crippen molar-refractivity contribution in [3.8, 4) is 0 Å². The molecule has 0 radical (unpaired) electrons. The molecule has 1 saturated heterocycles. The van der Waals surface area contributed by atoms with Crippen molar-refractivity contribution in [2.75, 3.05) is 0 Å². The molecule has 1 fully saturated rings. The Balaban J connectivity index is 2.11. The molecular formula is C14H20IN. The van der Waals surface area contributed by atoms with Crippen LogP contribution in [0, 0.1) is 5.92 Å². The van der Waals surface area contributed by atoms with Crippen molar-refractivity contribution in [3.63, 3.8) is 0 Å². The van der Waals surface area contributed by atoms with Crippen LogP contribution in [0.25, 0.3) is 0 Å². The van der Waals surface area contributed by atoms with Crippen LogP contribution in [0.2, 0.25) is 0 Å². The van der Waals surface area contributed by atoms with Crippen LogP contribution in [-0.2, 0) is 0 Å². The van der Waals surface area contributed by atoms with Gasteiger partial charge in [-0.15, -0.1) is 0 Å². The fourth-order valence-corrected chi connectivity index (χ4v) is 3.46. The van der Waals surface area contributed by atoms with Crippen LogP contribution in [0.4, 0.5) is 0 Å². The first-order valence-electron chi connectivity index (χ1n) is 6.12. The number of hydrogen-bond donors (Lipinski definition) is 1. The first-order valence-corrected chi connectivity index (χ1v) is 7.36. The molecule has 0 bridgehead atoms. The Labute approximate surface area is 112 Å². The smallest absolute Gasteiger partial charge is 0.0332 e. The van der Waals surface area contributed by atoms with Crippen molar-refractivity contribution in [1.82, 2.24) is 5.32 Å². The Morgan fingerprint density at radius 1 is 1.19 bits per heavy atom. The summed E-state index contributed by atoms with van der Waals surface area (Å²) in [5, 5.41) is 3.79. The third-order valence-electron chi connectivity index (χ3n) is 3.42. The molecule has 1 aromatic rings. The second kappa shape index (κ2) is 5.50. The zero-order valence-electron chi connectivity index (χ0n) is 9.99. The summed E-state index contributed by atoms with van der Waals surface area (Å²) in [7, 11) is 0. The summed E-state index contributed by atoms with van der Waals surface area (Å²) in [5.74, 6) is 0.726. The standard InChI is InChI=1S/C14H20IN/c1-10(2)13-8-12(15)9-14(16-13)11-6-4-3-5-7-11/h3-7,10,12-14,16H,8-9H2,1-2H3/t12-,13-,14+/m0/s1. The van der Waals surface area contributed by atoms with Crippen LogP contribution in [0.5, 0.6) is 0 Å². The first-order chi connectivity index (χ1) is 7.66. The molecule has 2 heteroatoms. The SMILES string of the molecule is CC(C)[C@@H]1C[C@H](I)C[C@H](c2ccccc2)N1. The Kier molecular flexibility index (Phi) is 4.25. The summed E-state index contributed by atoms with van der Waals surface area (Å²) in [5.41, 5.74) is 1.44. The van der Waals surface area contributed by atoms with Gasteiger partial charge in [0.25, 0.3) is 0 Å². The average Bonchev–Trinajstić information content (AvgIpc) is 2.29. The number of halogens is 1. The minimum absolute atomic E-state index is 0.546. The topological polar surface area (TPSA) is 12.0 Å². The lowest BCUT2D eigenvalue weighted by Crippen LogP contribution is -2.43. The van der Waals surface area contributed by atoms with Crippen LogP contribution in [0.15, 0.2) is 30.3 Å². The van der Waals surface area contributed by atoms with Gasteiger partial charge in [-0.3, -0.25) is 0 Å². The van der Waals surface area contributed by atoms with E-state index >= 15 is 0 Å². The highest BCUT2D eigenvalue weighted by Crippen LogP contribution is 2.32. The Morgan fingerprint density at radius 3 is 2.50 bits per heavy atom. The number of alkyl halides is 1. The molecule has 0 saturated carbocycles. The van der Waals surface area contributed by atoms with E-state index in [0.717, 1.165) is 9.84 Å². The summed E-state index contributed by atoms with van der Waals surface area (Å²) in [4.78, 5) is 0. The summed E-state index contributed by atoms with van der Waals surface area (Å²) in [6, 6.07) is 12.1. The Hall–Kier alpha value is -0.0900. The summed E-state index contributed by atoms with van der Waals surface area (Å²) >= 11 is 2.61. The van der Waals surface area contributed by atoms with E-state index in [-0.39, 0.29) is 0 Å². The first kappa shape index (κ1) is 12.4. The van der Waals surface area contributed by atoms with E-state index in [4.69, 9.17) is 0 Å². The minimum Gasteiger partial charge on any atom is -0.307 e. The van der Waals surface area contributed by atoms with Gasteiger partial charge in [-0.05, 0) is 24.3 Å². The molecule has 0 spiro atoms. The molecule has 0 amide bonds. The minimum atomic E-state index is 0.546. The van der Waals surface area contributed by atoms with Crippen molar-refractivity contribution in [2.24, 2.45) is 5.92 Å². The van der Waals surface area contributed by atoms with Crippen LogP contribution in [-0.4, -0.2) is 9.97 Å². The summed E-state index contributed by atoms with van der Waals surface area (Å²) in [6.45, 7) is 4.63. The van der Waals surface area contributed by atoms with E-state index in [1.165, 1.54) is 18.4 Å². The zero-order valence-corrected chi connectivity index (χ0v) is 12.1. The van der Waals surface area contributed by atoms with Gasteiger partial charge in [0, 0.05) is 16.0 Å². The monoisotopic (exact) mass is 329 g/mol. The largest absolute Gasteiger partial charge is 0.307 e. The van der Waals surface area contributed by atoms with E-state index in [0.29, 0.717) is 12.1 Å². The van der Waals surface area contributed by atoms with Crippen LogP contribution in [0.1, 0.15) is 38.3 Å². The van der Waals surface area contributed by atoms with E-state index in [9.17, 15) is 0 Å². The van der Waals surface area contributed by atoms with Gasteiger partial charge < -0.3 is 5.32 Å². The Bertz CT molecular complexity index is 323. The Morgan fingerprint density at radius 2 is 1.88 bits per heavy atom. The molecule has 1 N–H and O–H groups in total. The molecule has 1 aliphatic rings. The molecule has 1 aromatic carbocycles. The van der Waals surface area contributed by atoms with E-state index in [1.807, 2.05) is 0 Å². The molecule has 16 heavy (non-hydrogen) atoms. The van der Waals surface area contributed by atoms with Gasteiger partial charge in [0.1, 0.15) is 0 Å². The van der Waals surface area contributed by atoms with Crippen molar-refractivity contribution in [2.45, 2.75) is 42.7 Å². The fourth-order valence-electron chi connectivity index (χ4n) is 2.40. The predicted molar refractivity (Wildman–Crippen MR) is 78.0 cm³/mol. The van der Waals surface area contributed by atoms with Crippen molar-refractivity contribution >= 4 is 22.6 Å². The maximum atomic E-state index is 3.79. The van der Waals surface area contributed by atoms with Gasteiger partial charge in [-0.2, -0.15) is 0 Å². The van der Waals surface area contributed by atoms with Gasteiger partial charge in [0.05, 0.1) is 0 Å². The molecule has 88 valence electrons. The van der Waals surface area contributed by atoms with Gasteiger partial charge in [-0.25, -0.2) is 0 Å². The third-order valence-corrected chi connectivity index (χ3v) is 4.44. The number of benzene rings is 1. The molecule has 1 nitrogen and oxygen atoms in total. The van der Waals surface area contributed by atoms with Crippen molar-refractivity contribution in [1.29, 1.82) is 0 Å². The lowest BCUT2D eigenvalue weighted by Gasteiger charge is -2.36. The highest BCUT2D eigenvalue weighted by atomic mass is 127. The average molecular weight is 329 g/mol. The maximum absolute atomic E-state index is 3.79. The summed E-state index contributed by atoms with van der Waals surface area (Å²) < 4.78 is 0.802. The van der Waals surface area contributed by atoms with Gasteiger partial charge in [0.2, 0.25) is 0 Å². The number of piperidine rings is 1. The van der Waals surface area contributed by atoms with Crippen LogP contribution in [0.3, 0.4) is 0 Å². The van der Waals surface area contributed by atoms with Crippen LogP contribution < -0.4 is 5.32 Å². The predicted octanol–water partition coefficient (Wildman–Crippen LogP) is 3.94. The molecule has 1 aliphatic heterocycles. The molecule has 0 aliphatic carbocycles. The van der Waals surface area contributed by atoms with Gasteiger partial charge in [-0.1, -0.05) is 66.8 Å². The molecule has 2 rings (SSSR count). The fraction of sp³-hybridized carbons (Fsp3) is 0.571. The molecule has 1 heterocycles. The van der Waals surface area contributed by atoms with Gasteiger partial charge in [0.15, 0.2) is 0 Å². The van der Waals surface area contributed by atoms with E-state index in [2.05, 4.69) is 72.1 Å². The van der Waals surface area contributed by atoms with E-state index < -0.39 is 0 Å². The lowest BCUT2D eigenvalue weighted by atomic mass is 9.88. The quantitative estimate of drug-likeness (QED) is 0.640. The number of hydrogen-bond acceptors (Lipinski definition) is 1. The van der Waals surface area contributed by atoms with Crippen LogP contribution >= 0.6 is 22.6 Å². The highest BCUT2D eigenvalue weighted by Gasteiger charge is 2.28. The zero-order chi connectivity index (χ0) is 11.5.